The molecule has 2 aromatic heterocycles. The predicted octanol–water partition coefficient (Wildman–Crippen LogP) is 1.23. The molecule has 1 N–H and O–H groups in total. The molecule has 0 aromatic carbocycles. The molecule has 25 heavy (non-hydrogen) atoms. The van der Waals surface area contributed by atoms with E-state index in [4.69, 9.17) is 4.74 Å². The van der Waals surface area contributed by atoms with E-state index in [1.165, 1.54) is 0 Å². The molecule has 0 saturated carbocycles. The summed E-state index contributed by atoms with van der Waals surface area (Å²) >= 11 is 0. The van der Waals surface area contributed by atoms with Crippen molar-refractivity contribution < 1.29 is 14.3 Å². The van der Waals surface area contributed by atoms with Crippen LogP contribution in [0.3, 0.4) is 0 Å². The molecule has 0 bridgehead atoms. The van der Waals surface area contributed by atoms with Gasteiger partial charge in [0.2, 0.25) is 5.91 Å². The highest BCUT2D eigenvalue weighted by molar-refractivity contribution is 5.97. The molecule has 8 nitrogen and oxygen atoms in total. The molecule has 2 aromatic rings. The minimum absolute atomic E-state index is 0.0590. The molecule has 2 atom stereocenters. The fourth-order valence-electron chi connectivity index (χ4n) is 3.56. The lowest BCUT2D eigenvalue weighted by molar-refractivity contribution is -0.148. The maximum atomic E-state index is 12.9. The molecule has 0 spiro atoms. The van der Waals surface area contributed by atoms with Crippen molar-refractivity contribution in [3.63, 3.8) is 0 Å². The molecule has 0 aliphatic carbocycles. The van der Waals surface area contributed by atoms with E-state index in [2.05, 4.69) is 15.4 Å². The highest BCUT2D eigenvalue weighted by atomic mass is 16.5. The summed E-state index contributed by atoms with van der Waals surface area (Å²) in [5.41, 5.74) is 0.661. The van der Waals surface area contributed by atoms with Crippen molar-refractivity contribution in [2.45, 2.75) is 44.2 Å². The van der Waals surface area contributed by atoms with Crippen molar-refractivity contribution in [2.75, 3.05) is 18.5 Å². The normalized spacial score (nSPS) is 23.8. The molecule has 2 amide bonds. The monoisotopic (exact) mass is 343 g/mol. The van der Waals surface area contributed by atoms with Gasteiger partial charge in [-0.2, -0.15) is 9.61 Å². The Bertz CT molecular complexity index is 783. The van der Waals surface area contributed by atoms with E-state index in [9.17, 15) is 9.59 Å². The quantitative estimate of drug-likeness (QED) is 0.905. The number of nitrogens with one attached hydrogen (secondary N) is 1. The average molecular weight is 343 g/mol. The number of hydrogen-bond acceptors (Lipinski definition) is 5. The molecule has 132 valence electrons. The number of ether oxygens (including phenoxy) is 1. The van der Waals surface area contributed by atoms with Crippen LogP contribution in [-0.4, -0.2) is 56.6 Å². The minimum atomic E-state index is -0.468. The van der Waals surface area contributed by atoms with Gasteiger partial charge in [0.1, 0.15) is 18.0 Å². The molecular formula is C17H21N5O3. The molecule has 2 saturated heterocycles. The Labute approximate surface area is 145 Å². The van der Waals surface area contributed by atoms with Gasteiger partial charge in [0.15, 0.2) is 5.65 Å². The van der Waals surface area contributed by atoms with Gasteiger partial charge in [-0.25, -0.2) is 4.98 Å². The number of carbonyl (C=O) groups is 2. The maximum absolute atomic E-state index is 12.9. The van der Waals surface area contributed by atoms with Gasteiger partial charge < -0.3 is 15.0 Å². The number of rotatable bonds is 3. The van der Waals surface area contributed by atoms with E-state index in [0.717, 1.165) is 25.7 Å². The van der Waals surface area contributed by atoms with Gasteiger partial charge >= 0.3 is 0 Å². The highest BCUT2D eigenvalue weighted by Gasteiger charge is 2.37. The molecule has 2 aliphatic heterocycles. The van der Waals surface area contributed by atoms with Crippen LogP contribution < -0.4 is 5.32 Å². The summed E-state index contributed by atoms with van der Waals surface area (Å²) < 4.78 is 7.09. The average Bonchev–Trinajstić information content (AvgIpc) is 3.33. The van der Waals surface area contributed by atoms with Gasteiger partial charge in [-0.3, -0.25) is 9.59 Å². The number of carbonyl (C=O) groups excluding carboxylic acids is 2. The van der Waals surface area contributed by atoms with Crippen LogP contribution >= 0.6 is 0 Å². The number of hydrogen-bond donors (Lipinski definition) is 1. The number of likely N-dealkylation sites (tertiary alicyclic amines) is 1. The van der Waals surface area contributed by atoms with Crippen LogP contribution in [-0.2, 0) is 14.3 Å². The fourth-order valence-corrected chi connectivity index (χ4v) is 3.56. The van der Waals surface area contributed by atoms with Crippen molar-refractivity contribution in [3.8, 4) is 0 Å². The third-order valence-electron chi connectivity index (χ3n) is 4.84. The van der Waals surface area contributed by atoms with Crippen LogP contribution in [0.1, 0.15) is 32.1 Å². The van der Waals surface area contributed by atoms with E-state index in [1.54, 1.807) is 33.9 Å². The SMILES string of the molecule is O=C(Nc1ccnc2ccnn12)[C@H]1CCCCN1C(=O)[C@@H]1CCCO1. The maximum Gasteiger partial charge on any atom is 0.252 e. The molecule has 8 heteroatoms. The molecule has 0 radical (unpaired) electrons. The Morgan fingerprint density at radius 2 is 2.08 bits per heavy atom. The molecule has 4 rings (SSSR count). The summed E-state index contributed by atoms with van der Waals surface area (Å²) in [6.07, 6.45) is 7.01. The van der Waals surface area contributed by atoms with Gasteiger partial charge in [0, 0.05) is 25.4 Å². The second-order valence-electron chi connectivity index (χ2n) is 6.47. The number of fused-ring (bicyclic) bond motifs is 1. The lowest BCUT2D eigenvalue weighted by Crippen LogP contribution is -2.53. The van der Waals surface area contributed by atoms with E-state index in [-0.39, 0.29) is 11.8 Å². The molecule has 2 aliphatic rings. The van der Waals surface area contributed by atoms with Crippen LogP contribution in [0, 0.1) is 0 Å². The first-order valence-electron chi connectivity index (χ1n) is 8.76. The molecular weight excluding hydrogens is 322 g/mol. The van der Waals surface area contributed by atoms with E-state index >= 15 is 0 Å². The van der Waals surface area contributed by atoms with Crippen LogP contribution in [0.4, 0.5) is 5.82 Å². The second-order valence-corrected chi connectivity index (χ2v) is 6.47. The van der Waals surface area contributed by atoms with Crippen molar-refractivity contribution in [1.29, 1.82) is 0 Å². The van der Waals surface area contributed by atoms with Crippen LogP contribution in [0.5, 0.6) is 0 Å². The zero-order chi connectivity index (χ0) is 17.2. The third kappa shape index (κ3) is 3.09. The fraction of sp³-hybridized carbons (Fsp3) is 0.529. The predicted molar refractivity (Wildman–Crippen MR) is 89.9 cm³/mol. The van der Waals surface area contributed by atoms with Crippen LogP contribution in [0.25, 0.3) is 5.65 Å². The highest BCUT2D eigenvalue weighted by Crippen LogP contribution is 2.23. The Morgan fingerprint density at radius 3 is 2.92 bits per heavy atom. The second kappa shape index (κ2) is 6.79. The van der Waals surface area contributed by atoms with Gasteiger partial charge in [0.05, 0.1) is 6.20 Å². The van der Waals surface area contributed by atoms with Gasteiger partial charge in [-0.1, -0.05) is 0 Å². The summed E-state index contributed by atoms with van der Waals surface area (Å²) in [7, 11) is 0. The van der Waals surface area contributed by atoms with Crippen molar-refractivity contribution in [2.24, 2.45) is 0 Å². The Hall–Kier alpha value is -2.48. The van der Waals surface area contributed by atoms with Crippen molar-refractivity contribution in [1.82, 2.24) is 19.5 Å². The van der Waals surface area contributed by atoms with E-state index < -0.39 is 12.1 Å². The standard InChI is InChI=1S/C17H21N5O3/c23-16(20-15-6-8-18-14-7-9-19-22(14)15)12-4-1-2-10-21(12)17(24)13-5-3-11-25-13/h6-9,12-13H,1-5,10-11H2,(H,20,23)/t12-,13+/m1/s1. The van der Waals surface area contributed by atoms with Crippen molar-refractivity contribution >= 4 is 23.3 Å². The summed E-state index contributed by atoms with van der Waals surface area (Å²) in [4.78, 5) is 31.5. The Kier molecular flexibility index (Phi) is 4.35. The Balaban J connectivity index is 1.52. The van der Waals surface area contributed by atoms with Crippen molar-refractivity contribution in [3.05, 3.63) is 24.5 Å². The zero-order valence-electron chi connectivity index (χ0n) is 13.9. The molecule has 4 heterocycles. The minimum Gasteiger partial charge on any atom is -0.368 e. The number of anilines is 1. The lowest BCUT2D eigenvalue weighted by Gasteiger charge is -2.36. The third-order valence-corrected chi connectivity index (χ3v) is 4.84. The number of piperidine rings is 1. The summed E-state index contributed by atoms with van der Waals surface area (Å²) in [6, 6.07) is 3.00. The summed E-state index contributed by atoms with van der Waals surface area (Å²) in [5, 5.41) is 7.08. The summed E-state index contributed by atoms with van der Waals surface area (Å²) in [6.45, 7) is 1.22. The van der Waals surface area contributed by atoms with Gasteiger partial charge in [-0.15, -0.1) is 0 Å². The number of nitrogens with zero attached hydrogens (tertiary/aromatic N) is 4. The smallest absolute Gasteiger partial charge is 0.252 e. The first-order valence-corrected chi connectivity index (χ1v) is 8.76. The largest absolute Gasteiger partial charge is 0.368 e. The van der Waals surface area contributed by atoms with Gasteiger partial charge in [-0.05, 0) is 38.2 Å². The van der Waals surface area contributed by atoms with Crippen LogP contribution in [0.2, 0.25) is 0 Å². The molecule has 2 fully saturated rings. The Morgan fingerprint density at radius 1 is 1.16 bits per heavy atom. The first kappa shape index (κ1) is 16.0. The number of aromatic nitrogens is 3. The van der Waals surface area contributed by atoms with Crippen LogP contribution in [0.15, 0.2) is 24.5 Å². The molecule has 0 unspecified atom stereocenters. The number of amides is 2. The van der Waals surface area contributed by atoms with E-state index in [0.29, 0.717) is 31.0 Å². The summed E-state index contributed by atoms with van der Waals surface area (Å²) in [5.74, 6) is 0.306. The topological polar surface area (TPSA) is 88.8 Å². The first-order chi connectivity index (χ1) is 12.2. The lowest BCUT2D eigenvalue weighted by atomic mass is 10.00. The van der Waals surface area contributed by atoms with Gasteiger partial charge in [0.25, 0.3) is 5.91 Å². The zero-order valence-corrected chi connectivity index (χ0v) is 13.9. The van der Waals surface area contributed by atoms with E-state index in [1.807, 2.05) is 0 Å².